The van der Waals surface area contributed by atoms with Crippen LogP contribution < -0.4 is 0 Å². The molecule has 172 valence electrons. The first-order valence-corrected chi connectivity index (χ1v) is 12.8. The first-order valence-electron chi connectivity index (χ1n) is 11.4. The molecule has 3 atom stereocenters. The fourth-order valence-electron chi connectivity index (χ4n) is 4.70. The van der Waals surface area contributed by atoms with Crippen LogP contribution in [0.2, 0.25) is 0 Å². The van der Waals surface area contributed by atoms with E-state index in [1.807, 2.05) is 51.1 Å². The lowest BCUT2D eigenvalue weighted by Crippen LogP contribution is -2.46. The van der Waals surface area contributed by atoms with Crippen LogP contribution in [-0.2, 0) is 14.8 Å². The molecule has 2 aromatic carbocycles. The zero-order chi connectivity index (χ0) is 22.9. The average Bonchev–Trinajstić information content (AvgIpc) is 2.79. The first-order chi connectivity index (χ1) is 15.3. The summed E-state index contributed by atoms with van der Waals surface area (Å²) in [6.07, 6.45) is 2.46. The van der Waals surface area contributed by atoms with Crippen molar-refractivity contribution in [3.05, 3.63) is 65.2 Å². The molecule has 7 heteroatoms. The second-order valence-corrected chi connectivity index (χ2v) is 10.9. The monoisotopic (exact) mass is 456 g/mol. The number of hydrogen-bond donors (Lipinski definition) is 0. The van der Waals surface area contributed by atoms with Gasteiger partial charge in [0.2, 0.25) is 10.0 Å². The van der Waals surface area contributed by atoms with Gasteiger partial charge in [0.05, 0.1) is 17.5 Å². The van der Waals surface area contributed by atoms with Gasteiger partial charge in [0.1, 0.15) is 6.10 Å². The third-order valence-electron chi connectivity index (χ3n) is 6.51. The van der Waals surface area contributed by atoms with E-state index in [-0.39, 0.29) is 29.1 Å². The largest absolute Gasteiger partial charge is 0.367 e. The van der Waals surface area contributed by atoms with Crippen molar-refractivity contribution in [3.8, 4) is 0 Å². The van der Waals surface area contributed by atoms with E-state index < -0.39 is 10.0 Å². The molecule has 0 saturated carbocycles. The zero-order valence-corrected chi connectivity index (χ0v) is 19.8. The van der Waals surface area contributed by atoms with Crippen molar-refractivity contribution in [3.63, 3.8) is 0 Å². The van der Waals surface area contributed by atoms with Crippen molar-refractivity contribution < 1.29 is 17.9 Å². The average molecular weight is 457 g/mol. The minimum atomic E-state index is -3.64. The number of sulfonamides is 1. The number of ether oxygens (including phenoxy) is 1. The van der Waals surface area contributed by atoms with Crippen molar-refractivity contribution in [2.45, 2.75) is 63.2 Å². The number of carbonyl (C=O) groups excluding carboxylic acids is 1. The highest BCUT2D eigenvalue weighted by Gasteiger charge is 2.33. The van der Waals surface area contributed by atoms with Gasteiger partial charge < -0.3 is 9.64 Å². The molecule has 3 unspecified atom stereocenters. The first kappa shape index (κ1) is 23.0. The number of rotatable bonds is 4. The molecule has 2 saturated heterocycles. The maximum atomic E-state index is 13.5. The molecule has 0 aliphatic carbocycles. The van der Waals surface area contributed by atoms with Crippen molar-refractivity contribution in [1.29, 1.82) is 0 Å². The van der Waals surface area contributed by atoms with E-state index in [0.29, 0.717) is 25.2 Å². The Balaban J connectivity index is 1.61. The Morgan fingerprint density at radius 2 is 1.78 bits per heavy atom. The second kappa shape index (κ2) is 9.33. The number of amides is 1. The lowest BCUT2D eigenvalue weighted by atomic mass is 10.0. The van der Waals surface area contributed by atoms with E-state index >= 15 is 0 Å². The van der Waals surface area contributed by atoms with Gasteiger partial charge >= 0.3 is 0 Å². The van der Waals surface area contributed by atoms with Crippen molar-refractivity contribution in [1.82, 2.24) is 9.21 Å². The van der Waals surface area contributed by atoms with Crippen LogP contribution in [0.15, 0.2) is 53.4 Å². The molecule has 0 radical (unpaired) electrons. The van der Waals surface area contributed by atoms with Gasteiger partial charge in [0.15, 0.2) is 0 Å². The Morgan fingerprint density at radius 3 is 2.50 bits per heavy atom. The van der Waals surface area contributed by atoms with Crippen LogP contribution in [0.1, 0.15) is 60.7 Å². The predicted octanol–water partition coefficient (Wildman–Crippen LogP) is 4.16. The summed E-state index contributed by atoms with van der Waals surface area (Å²) in [5.74, 6) is -0.151. The lowest BCUT2D eigenvalue weighted by molar-refractivity contribution is -0.0692. The number of carbonyl (C=O) groups is 1. The maximum Gasteiger partial charge on any atom is 0.254 e. The Hall–Kier alpha value is -2.22. The Bertz CT molecular complexity index is 1070. The summed E-state index contributed by atoms with van der Waals surface area (Å²) in [6.45, 7) is 7.21. The summed E-state index contributed by atoms with van der Waals surface area (Å²) < 4.78 is 34.3. The maximum absolute atomic E-state index is 13.5. The van der Waals surface area contributed by atoms with Crippen LogP contribution in [0.5, 0.6) is 0 Å². The van der Waals surface area contributed by atoms with Crippen LogP contribution in [0.25, 0.3) is 0 Å². The van der Waals surface area contributed by atoms with Crippen LogP contribution in [0.3, 0.4) is 0 Å². The second-order valence-electron chi connectivity index (χ2n) is 8.99. The summed E-state index contributed by atoms with van der Waals surface area (Å²) in [7, 11) is -3.64. The van der Waals surface area contributed by atoms with Gasteiger partial charge in [-0.25, -0.2) is 8.42 Å². The van der Waals surface area contributed by atoms with E-state index in [4.69, 9.17) is 4.74 Å². The minimum Gasteiger partial charge on any atom is -0.367 e. The molecule has 0 aromatic heterocycles. The molecule has 32 heavy (non-hydrogen) atoms. The van der Waals surface area contributed by atoms with E-state index in [1.165, 1.54) is 0 Å². The van der Waals surface area contributed by atoms with Crippen molar-refractivity contribution in [2.75, 3.05) is 19.6 Å². The summed E-state index contributed by atoms with van der Waals surface area (Å²) in [6, 6.07) is 14.8. The fourth-order valence-corrected chi connectivity index (χ4v) is 6.42. The van der Waals surface area contributed by atoms with Crippen LogP contribution >= 0.6 is 0 Å². The molecule has 2 fully saturated rings. The summed E-state index contributed by atoms with van der Waals surface area (Å²) in [5, 5.41) is 0. The molecule has 2 aliphatic rings. The fraction of sp³-hybridized carbons (Fsp3) is 0.480. The van der Waals surface area contributed by atoms with Crippen LogP contribution in [0.4, 0.5) is 0 Å². The Labute approximate surface area is 191 Å². The van der Waals surface area contributed by atoms with Gasteiger partial charge in [0, 0.05) is 24.7 Å². The Morgan fingerprint density at radius 1 is 1.03 bits per heavy atom. The zero-order valence-electron chi connectivity index (χ0n) is 19.0. The quantitative estimate of drug-likeness (QED) is 0.693. The van der Waals surface area contributed by atoms with Crippen LogP contribution in [0, 0.1) is 6.92 Å². The normalized spacial score (nSPS) is 25.0. The van der Waals surface area contributed by atoms with Gasteiger partial charge in [-0.05, 0) is 56.9 Å². The SMILES string of the molecule is Cc1ccc(S(=O)(=O)N2CCCCC2C)cc1C(=O)N1CC(C)OC(c2ccccc2)C1. The Kier molecular flexibility index (Phi) is 6.70. The number of benzene rings is 2. The number of piperidine rings is 1. The van der Waals surface area contributed by atoms with Crippen LogP contribution in [-0.4, -0.2) is 55.3 Å². The van der Waals surface area contributed by atoms with Gasteiger partial charge in [-0.2, -0.15) is 4.31 Å². The highest BCUT2D eigenvalue weighted by atomic mass is 32.2. The van der Waals surface area contributed by atoms with Gasteiger partial charge in [-0.3, -0.25) is 4.79 Å². The minimum absolute atomic E-state index is 0.0269. The number of aryl methyl sites for hydroxylation is 1. The van der Waals surface area contributed by atoms with E-state index in [2.05, 4.69) is 0 Å². The molecule has 2 aliphatic heterocycles. The summed E-state index contributed by atoms with van der Waals surface area (Å²) >= 11 is 0. The summed E-state index contributed by atoms with van der Waals surface area (Å²) in [4.78, 5) is 15.5. The lowest BCUT2D eigenvalue weighted by Gasteiger charge is -2.37. The predicted molar refractivity (Wildman–Crippen MR) is 124 cm³/mol. The van der Waals surface area contributed by atoms with Gasteiger partial charge in [0.25, 0.3) is 5.91 Å². The molecule has 6 nitrogen and oxygen atoms in total. The smallest absolute Gasteiger partial charge is 0.254 e. The standard InChI is InChI=1S/C25H32N2O4S/c1-18-12-13-22(32(29,30)27-14-8-7-9-19(27)2)15-23(18)25(28)26-16-20(3)31-24(17-26)21-10-5-4-6-11-21/h4-6,10-13,15,19-20,24H,7-9,14,16-17H2,1-3H3. The number of nitrogens with zero attached hydrogens (tertiary/aromatic N) is 2. The molecule has 0 N–H and O–H groups in total. The summed E-state index contributed by atoms with van der Waals surface area (Å²) in [5.41, 5.74) is 2.25. The molecule has 0 spiro atoms. The highest BCUT2D eigenvalue weighted by molar-refractivity contribution is 7.89. The highest BCUT2D eigenvalue weighted by Crippen LogP contribution is 2.29. The molecule has 4 rings (SSSR count). The number of hydrogen-bond acceptors (Lipinski definition) is 4. The molecule has 1 amide bonds. The number of morpholine rings is 1. The molecule has 2 heterocycles. The molecule has 2 aromatic rings. The molecular weight excluding hydrogens is 424 g/mol. The van der Waals surface area contributed by atoms with E-state index in [9.17, 15) is 13.2 Å². The van der Waals surface area contributed by atoms with Crippen molar-refractivity contribution >= 4 is 15.9 Å². The van der Waals surface area contributed by atoms with Crippen molar-refractivity contribution in [2.24, 2.45) is 0 Å². The molecular formula is C25H32N2O4S. The van der Waals surface area contributed by atoms with Gasteiger partial charge in [-0.15, -0.1) is 0 Å². The van der Waals surface area contributed by atoms with E-state index in [0.717, 1.165) is 30.4 Å². The van der Waals surface area contributed by atoms with E-state index in [1.54, 1.807) is 27.4 Å². The van der Waals surface area contributed by atoms with Gasteiger partial charge in [-0.1, -0.05) is 42.8 Å². The molecule has 0 bridgehead atoms. The third kappa shape index (κ3) is 4.60. The topological polar surface area (TPSA) is 66.9 Å². The third-order valence-corrected chi connectivity index (χ3v) is 8.52.